The van der Waals surface area contributed by atoms with E-state index < -0.39 is 0 Å². The summed E-state index contributed by atoms with van der Waals surface area (Å²) in [6, 6.07) is 13.8. The lowest BCUT2D eigenvalue weighted by Gasteiger charge is -2.12. The normalized spacial score (nSPS) is 11.0. The van der Waals surface area contributed by atoms with Gasteiger partial charge < -0.3 is 18.6 Å². The van der Waals surface area contributed by atoms with Crippen LogP contribution in [0.2, 0.25) is 0 Å². The Morgan fingerprint density at radius 1 is 1.12 bits per heavy atom. The number of carbonyl (C=O) groups excluding carboxylic acids is 2. The van der Waals surface area contributed by atoms with Crippen molar-refractivity contribution in [1.29, 1.82) is 0 Å². The average Bonchev–Trinajstić information content (AvgIpc) is 3.27. The van der Waals surface area contributed by atoms with Gasteiger partial charge in [0.25, 0.3) is 5.91 Å². The smallest absolute Gasteiger partial charge is 0.338 e. The molecule has 0 saturated heterocycles. The molecule has 1 N–H and O–H groups in total. The molecule has 0 aliphatic rings. The van der Waals surface area contributed by atoms with Crippen LogP contribution in [-0.2, 0) is 11.3 Å². The number of amides is 1. The summed E-state index contributed by atoms with van der Waals surface area (Å²) in [4.78, 5) is 24.2. The molecule has 178 valence electrons. The number of aryl methyl sites for hydroxylation is 1. The highest BCUT2D eigenvalue weighted by atomic mass is 16.5. The molecular formula is C26H28N2O6. The zero-order chi connectivity index (χ0) is 24.5. The summed E-state index contributed by atoms with van der Waals surface area (Å²) in [5.74, 6) is 1.35. The van der Waals surface area contributed by atoms with Crippen molar-refractivity contribution in [1.82, 2.24) is 5.43 Å². The molecule has 34 heavy (non-hydrogen) atoms. The van der Waals surface area contributed by atoms with Crippen LogP contribution in [0.1, 0.15) is 51.5 Å². The lowest BCUT2D eigenvalue weighted by atomic mass is 10.1. The van der Waals surface area contributed by atoms with Gasteiger partial charge in [0.1, 0.15) is 23.9 Å². The van der Waals surface area contributed by atoms with Crippen molar-refractivity contribution in [3.8, 4) is 11.5 Å². The maximum atomic E-state index is 12.1. The van der Waals surface area contributed by atoms with Crippen LogP contribution in [0.3, 0.4) is 0 Å². The number of benzene rings is 2. The predicted octanol–water partition coefficient (Wildman–Crippen LogP) is 4.75. The Hall–Kier alpha value is -4.07. The van der Waals surface area contributed by atoms with Gasteiger partial charge in [-0.3, -0.25) is 4.79 Å². The molecule has 8 heteroatoms. The third kappa shape index (κ3) is 6.71. The zero-order valence-corrected chi connectivity index (χ0v) is 19.7. The first kappa shape index (κ1) is 24.6. The molecule has 0 bridgehead atoms. The molecule has 1 amide bonds. The molecule has 0 aliphatic carbocycles. The van der Waals surface area contributed by atoms with Crippen molar-refractivity contribution in [3.63, 3.8) is 0 Å². The molecule has 0 fully saturated rings. The fraction of sp³-hybridized carbons (Fsp3) is 0.269. The van der Waals surface area contributed by atoms with Gasteiger partial charge in [0, 0.05) is 5.56 Å². The van der Waals surface area contributed by atoms with Gasteiger partial charge in [-0.15, -0.1) is 0 Å². The summed E-state index contributed by atoms with van der Waals surface area (Å²) in [7, 11) is 1.58. The van der Waals surface area contributed by atoms with E-state index in [4.69, 9.17) is 18.6 Å². The van der Waals surface area contributed by atoms with Gasteiger partial charge in [0.2, 0.25) is 0 Å². The van der Waals surface area contributed by atoms with Crippen molar-refractivity contribution >= 4 is 18.1 Å². The number of methoxy groups -OCH3 is 1. The summed E-state index contributed by atoms with van der Waals surface area (Å²) in [5, 5.41) is 4.01. The fourth-order valence-corrected chi connectivity index (χ4v) is 3.01. The van der Waals surface area contributed by atoms with E-state index in [1.54, 1.807) is 50.4 Å². The monoisotopic (exact) mass is 464 g/mol. The third-order valence-electron chi connectivity index (χ3n) is 4.82. The Labute approximate surface area is 198 Å². The third-order valence-corrected chi connectivity index (χ3v) is 4.82. The van der Waals surface area contributed by atoms with E-state index in [1.165, 1.54) is 12.5 Å². The molecular weight excluding hydrogens is 436 g/mol. The first-order valence-electron chi connectivity index (χ1n) is 10.8. The number of hydrogen-bond acceptors (Lipinski definition) is 7. The summed E-state index contributed by atoms with van der Waals surface area (Å²) in [5.41, 5.74) is 4.93. The highest BCUT2D eigenvalue weighted by Gasteiger charge is 2.11. The Bertz CT molecular complexity index is 1150. The molecule has 0 radical (unpaired) electrons. The van der Waals surface area contributed by atoms with Gasteiger partial charge in [-0.2, -0.15) is 5.10 Å². The highest BCUT2D eigenvalue weighted by Crippen LogP contribution is 2.22. The highest BCUT2D eigenvalue weighted by molar-refractivity contribution is 5.95. The minimum Gasteiger partial charge on any atom is -0.496 e. The van der Waals surface area contributed by atoms with Crippen LogP contribution >= 0.6 is 0 Å². The van der Waals surface area contributed by atoms with E-state index in [1.807, 2.05) is 26.0 Å². The molecule has 0 aliphatic heterocycles. The molecule has 0 unspecified atom stereocenters. The maximum Gasteiger partial charge on any atom is 0.338 e. The number of ether oxygens (including phenoxy) is 3. The number of nitrogens with one attached hydrogen (secondary N) is 1. The topological polar surface area (TPSA) is 99.4 Å². The number of hydrogen-bond donors (Lipinski definition) is 1. The standard InChI is InChI=1S/C26H28N2O6/c1-17(2)15-34-26(30)20-6-8-22(9-7-20)33-16-21-13-19(5-10-24(21)31-4)14-27-28-25(29)23-11-12-32-18(23)3/h5-14,17H,15-16H2,1-4H3,(H,28,29). The van der Waals surface area contributed by atoms with Crippen molar-refractivity contribution in [2.75, 3.05) is 13.7 Å². The minimum atomic E-state index is -0.357. The number of furan rings is 1. The first-order chi connectivity index (χ1) is 16.4. The van der Waals surface area contributed by atoms with Crippen molar-refractivity contribution in [2.24, 2.45) is 11.0 Å². The average molecular weight is 465 g/mol. The van der Waals surface area contributed by atoms with Gasteiger partial charge in [-0.05, 0) is 66.9 Å². The molecule has 0 saturated carbocycles. The van der Waals surface area contributed by atoms with Crippen LogP contribution in [0.4, 0.5) is 0 Å². The second-order valence-corrected chi connectivity index (χ2v) is 7.97. The number of esters is 1. The fourth-order valence-electron chi connectivity index (χ4n) is 3.01. The lowest BCUT2D eigenvalue weighted by Crippen LogP contribution is -2.17. The Balaban J connectivity index is 1.61. The van der Waals surface area contributed by atoms with E-state index in [2.05, 4.69) is 10.5 Å². The van der Waals surface area contributed by atoms with Crippen molar-refractivity contribution < 1.29 is 28.2 Å². The molecule has 2 aromatic carbocycles. The Kier molecular flexibility index (Phi) is 8.45. The Morgan fingerprint density at radius 3 is 2.53 bits per heavy atom. The van der Waals surface area contributed by atoms with E-state index in [-0.39, 0.29) is 24.4 Å². The van der Waals surface area contributed by atoms with E-state index in [0.717, 1.165) is 11.1 Å². The molecule has 3 rings (SSSR count). The van der Waals surface area contributed by atoms with Crippen LogP contribution in [0.5, 0.6) is 11.5 Å². The van der Waals surface area contributed by atoms with Gasteiger partial charge in [-0.25, -0.2) is 10.2 Å². The molecule has 3 aromatic rings. The molecule has 8 nitrogen and oxygen atoms in total. The van der Waals surface area contributed by atoms with Gasteiger partial charge in [0.05, 0.1) is 37.3 Å². The maximum absolute atomic E-state index is 12.1. The zero-order valence-electron chi connectivity index (χ0n) is 19.7. The number of hydrazone groups is 1. The quantitative estimate of drug-likeness (QED) is 0.264. The van der Waals surface area contributed by atoms with Crippen molar-refractivity contribution in [3.05, 3.63) is 82.8 Å². The van der Waals surface area contributed by atoms with Gasteiger partial charge >= 0.3 is 5.97 Å². The van der Waals surface area contributed by atoms with Crippen LogP contribution in [0.15, 0.2) is 64.3 Å². The van der Waals surface area contributed by atoms with Crippen LogP contribution in [-0.4, -0.2) is 31.8 Å². The summed E-state index contributed by atoms with van der Waals surface area (Å²) < 4.78 is 21.7. The van der Waals surface area contributed by atoms with Gasteiger partial charge in [-0.1, -0.05) is 13.8 Å². The minimum absolute atomic E-state index is 0.239. The van der Waals surface area contributed by atoms with E-state index >= 15 is 0 Å². The summed E-state index contributed by atoms with van der Waals surface area (Å²) >= 11 is 0. The number of nitrogens with zero attached hydrogens (tertiary/aromatic N) is 1. The molecule has 1 aromatic heterocycles. The van der Waals surface area contributed by atoms with Crippen LogP contribution < -0.4 is 14.9 Å². The van der Waals surface area contributed by atoms with Gasteiger partial charge in [0.15, 0.2) is 0 Å². The second-order valence-electron chi connectivity index (χ2n) is 7.97. The first-order valence-corrected chi connectivity index (χ1v) is 10.8. The number of carbonyl (C=O) groups is 2. The molecule has 0 spiro atoms. The summed E-state index contributed by atoms with van der Waals surface area (Å²) in [6.07, 6.45) is 2.99. The van der Waals surface area contributed by atoms with E-state index in [0.29, 0.717) is 35.0 Å². The molecule has 1 heterocycles. The summed E-state index contributed by atoms with van der Waals surface area (Å²) in [6.45, 7) is 6.29. The van der Waals surface area contributed by atoms with E-state index in [9.17, 15) is 9.59 Å². The largest absolute Gasteiger partial charge is 0.496 e. The Morgan fingerprint density at radius 2 is 1.88 bits per heavy atom. The predicted molar refractivity (Wildman–Crippen MR) is 127 cm³/mol. The molecule has 0 atom stereocenters. The lowest BCUT2D eigenvalue weighted by molar-refractivity contribution is 0.0459. The van der Waals surface area contributed by atoms with Crippen LogP contribution in [0.25, 0.3) is 0 Å². The van der Waals surface area contributed by atoms with Crippen LogP contribution in [0, 0.1) is 12.8 Å². The second kappa shape index (κ2) is 11.7. The number of rotatable bonds is 10. The SMILES string of the molecule is COc1ccc(C=NNC(=O)c2ccoc2C)cc1COc1ccc(C(=O)OCC(C)C)cc1. The van der Waals surface area contributed by atoms with Crippen molar-refractivity contribution in [2.45, 2.75) is 27.4 Å².